The number of aromatic nitrogens is 3. The van der Waals surface area contributed by atoms with Crippen molar-refractivity contribution in [2.75, 3.05) is 0 Å². The second-order valence-electron chi connectivity index (χ2n) is 6.16. The van der Waals surface area contributed by atoms with Crippen molar-refractivity contribution in [2.24, 2.45) is 18.9 Å². The zero-order chi connectivity index (χ0) is 13.7. The summed E-state index contributed by atoms with van der Waals surface area (Å²) >= 11 is 0. The van der Waals surface area contributed by atoms with E-state index in [0.717, 1.165) is 12.1 Å². The molecule has 1 N–H and O–H groups in total. The molecule has 4 heteroatoms. The number of rotatable bonds is 3. The summed E-state index contributed by atoms with van der Waals surface area (Å²) in [7, 11) is 1.86. The van der Waals surface area contributed by atoms with E-state index in [1.165, 1.54) is 17.5 Å². The zero-order valence-corrected chi connectivity index (χ0v) is 11.6. The van der Waals surface area contributed by atoms with E-state index < -0.39 is 0 Å². The zero-order valence-electron chi connectivity index (χ0n) is 11.6. The standard InChI is InChI=1S/C16H19N3O/c1-19-9-11(17-18-19)8-14(20)16-13-7-6-10-4-2-3-5-12(10)15(13)16/h2-5,9,13-16,20H,6-8H2,1H3. The lowest BCUT2D eigenvalue weighted by Gasteiger charge is -2.13. The Hall–Kier alpha value is -1.68. The molecule has 0 aliphatic heterocycles. The van der Waals surface area contributed by atoms with Gasteiger partial charge >= 0.3 is 0 Å². The smallest absolute Gasteiger partial charge is 0.0852 e. The molecule has 1 saturated carbocycles. The molecule has 104 valence electrons. The van der Waals surface area contributed by atoms with Crippen molar-refractivity contribution >= 4 is 0 Å². The largest absolute Gasteiger partial charge is 0.392 e. The molecule has 0 amide bonds. The van der Waals surface area contributed by atoms with Crippen LogP contribution < -0.4 is 0 Å². The van der Waals surface area contributed by atoms with Crippen LogP contribution in [-0.4, -0.2) is 26.2 Å². The minimum Gasteiger partial charge on any atom is -0.392 e. The van der Waals surface area contributed by atoms with E-state index in [4.69, 9.17) is 0 Å². The van der Waals surface area contributed by atoms with Gasteiger partial charge in [-0.3, -0.25) is 4.68 Å². The summed E-state index contributed by atoms with van der Waals surface area (Å²) < 4.78 is 1.69. The van der Waals surface area contributed by atoms with Crippen LogP contribution in [0.25, 0.3) is 0 Å². The first-order valence-electron chi connectivity index (χ1n) is 7.35. The second-order valence-corrected chi connectivity index (χ2v) is 6.16. The minimum atomic E-state index is -0.298. The Morgan fingerprint density at radius 1 is 1.40 bits per heavy atom. The predicted octanol–water partition coefficient (Wildman–Crippen LogP) is 1.69. The molecule has 4 unspecified atom stereocenters. The Morgan fingerprint density at radius 2 is 2.25 bits per heavy atom. The topological polar surface area (TPSA) is 50.9 Å². The van der Waals surface area contributed by atoms with Gasteiger partial charge in [0.15, 0.2) is 0 Å². The molecule has 4 rings (SSSR count). The van der Waals surface area contributed by atoms with Crippen LogP contribution in [0.3, 0.4) is 0 Å². The molecule has 1 aromatic carbocycles. The molecular formula is C16H19N3O. The van der Waals surface area contributed by atoms with Gasteiger partial charge in [-0.05, 0) is 41.7 Å². The highest BCUT2D eigenvalue weighted by atomic mass is 16.3. The number of hydrogen-bond donors (Lipinski definition) is 1. The minimum absolute atomic E-state index is 0.298. The third-order valence-electron chi connectivity index (χ3n) is 4.90. The van der Waals surface area contributed by atoms with Gasteiger partial charge < -0.3 is 5.11 Å². The number of fused-ring (bicyclic) bond motifs is 3. The lowest BCUT2D eigenvalue weighted by Crippen LogP contribution is -2.15. The fourth-order valence-electron chi connectivity index (χ4n) is 3.98. The van der Waals surface area contributed by atoms with Gasteiger partial charge in [0, 0.05) is 19.7 Å². The van der Waals surface area contributed by atoms with Gasteiger partial charge in [-0.1, -0.05) is 29.5 Å². The van der Waals surface area contributed by atoms with Crippen molar-refractivity contribution in [3.63, 3.8) is 0 Å². The van der Waals surface area contributed by atoms with Gasteiger partial charge in [0.1, 0.15) is 0 Å². The predicted molar refractivity (Wildman–Crippen MR) is 75.2 cm³/mol. The molecule has 2 aliphatic carbocycles. The van der Waals surface area contributed by atoms with E-state index in [2.05, 4.69) is 34.6 Å². The Kier molecular flexibility index (Phi) is 2.67. The monoisotopic (exact) mass is 269 g/mol. The summed E-state index contributed by atoms with van der Waals surface area (Å²) in [5, 5.41) is 18.5. The van der Waals surface area contributed by atoms with Crippen LogP contribution in [0.4, 0.5) is 0 Å². The van der Waals surface area contributed by atoms with Crippen LogP contribution in [-0.2, 0) is 19.9 Å². The summed E-state index contributed by atoms with van der Waals surface area (Å²) in [6.07, 6.45) is 4.58. The fraction of sp³-hybridized carbons (Fsp3) is 0.500. The molecule has 1 aromatic heterocycles. The average molecular weight is 269 g/mol. The van der Waals surface area contributed by atoms with Crippen LogP contribution in [0.5, 0.6) is 0 Å². The molecule has 4 atom stereocenters. The highest BCUT2D eigenvalue weighted by Gasteiger charge is 2.55. The number of nitrogens with zero attached hydrogens (tertiary/aromatic N) is 3. The summed E-state index contributed by atoms with van der Waals surface area (Å²) in [5.74, 6) is 1.63. The summed E-state index contributed by atoms with van der Waals surface area (Å²) in [5.41, 5.74) is 3.83. The summed E-state index contributed by atoms with van der Waals surface area (Å²) in [6, 6.07) is 8.70. The molecule has 2 aliphatic rings. The molecule has 0 radical (unpaired) electrons. The first-order chi connectivity index (χ1) is 9.74. The Balaban J connectivity index is 1.52. The van der Waals surface area contributed by atoms with Crippen LogP contribution in [0.2, 0.25) is 0 Å². The molecular weight excluding hydrogens is 250 g/mol. The second kappa shape index (κ2) is 4.42. The van der Waals surface area contributed by atoms with Gasteiger partial charge in [0.25, 0.3) is 0 Å². The Bertz CT molecular complexity index is 636. The highest BCUT2D eigenvalue weighted by Crippen LogP contribution is 2.61. The normalized spacial score (nSPS) is 28.6. The lowest BCUT2D eigenvalue weighted by atomic mass is 9.92. The van der Waals surface area contributed by atoms with E-state index in [1.807, 2.05) is 13.2 Å². The van der Waals surface area contributed by atoms with Crippen molar-refractivity contribution in [1.29, 1.82) is 0 Å². The van der Waals surface area contributed by atoms with Gasteiger partial charge in [-0.25, -0.2) is 0 Å². The number of aliphatic hydroxyl groups is 1. The Morgan fingerprint density at radius 3 is 3.05 bits per heavy atom. The molecule has 4 nitrogen and oxygen atoms in total. The van der Waals surface area contributed by atoms with E-state index in [9.17, 15) is 5.11 Å². The highest BCUT2D eigenvalue weighted by molar-refractivity contribution is 5.39. The van der Waals surface area contributed by atoms with Gasteiger partial charge in [0.2, 0.25) is 0 Å². The van der Waals surface area contributed by atoms with Crippen LogP contribution in [0.1, 0.15) is 29.2 Å². The van der Waals surface area contributed by atoms with Crippen molar-refractivity contribution in [1.82, 2.24) is 15.0 Å². The molecule has 0 bridgehead atoms. The van der Waals surface area contributed by atoms with Crippen molar-refractivity contribution in [3.05, 3.63) is 47.3 Å². The summed E-state index contributed by atoms with van der Waals surface area (Å²) in [4.78, 5) is 0. The lowest BCUT2D eigenvalue weighted by molar-refractivity contribution is 0.142. The SMILES string of the molecule is Cn1cc(CC(O)C2C3CCc4ccccc4C32)nn1. The maximum Gasteiger partial charge on any atom is 0.0852 e. The number of aliphatic hydroxyl groups excluding tert-OH is 1. The van der Waals surface area contributed by atoms with Crippen molar-refractivity contribution in [3.8, 4) is 0 Å². The molecule has 20 heavy (non-hydrogen) atoms. The maximum absolute atomic E-state index is 10.5. The van der Waals surface area contributed by atoms with Gasteiger partial charge in [-0.2, -0.15) is 0 Å². The molecule has 1 heterocycles. The average Bonchev–Trinajstić information content (AvgIpc) is 3.08. The molecule has 2 aromatic rings. The quantitative estimate of drug-likeness (QED) is 0.922. The van der Waals surface area contributed by atoms with Gasteiger partial charge in [0.05, 0.1) is 11.8 Å². The van der Waals surface area contributed by atoms with Crippen molar-refractivity contribution < 1.29 is 5.11 Å². The first-order valence-corrected chi connectivity index (χ1v) is 7.35. The third-order valence-corrected chi connectivity index (χ3v) is 4.90. The number of benzene rings is 1. The van der Waals surface area contributed by atoms with E-state index >= 15 is 0 Å². The van der Waals surface area contributed by atoms with E-state index in [0.29, 0.717) is 24.2 Å². The first kappa shape index (κ1) is 12.1. The van der Waals surface area contributed by atoms with Crippen LogP contribution >= 0.6 is 0 Å². The van der Waals surface area contributed by atoms with Crippen molar-refractivity contribution in [2.45, 2.75) is 31.3 Å². The number of hydrogen-bond acceptors (Lipinski definition) is 3. The molecule has 0 saturated heterocycles. The van der Waals surface area contributed by atoms with Gasteiger partial charge in [-0.15, -0.1) is 5.10 Å². The van der Waals surface area contributed by atoms with Crippen LogP contribution in [0.15, 0.2) is 30.5 Å². The third kappa shape index (κ3) is 1.86. The van der Waals surface area contributed by atoms with E-state index in [-0.39, 0.29) is 6.10 Å². The molecule has 0 spiro atoms. The van der Waals surface area contributed by atoms with E-state index in [1.54, 1.807) is 4.68 Å². The molecule has 1 fully saturated rings. The number of aryl methyl sites for hydroxylation is 2. The summed E-state index contributed by atoms with van der Waals surface area (Å²) in [6.45, 7) is 0. The fourth-order valence-corrected chi connectivity index (χ4v) is 3.98. The Labute approximate surface area is 118 Å². The van der Waals surface area contributed by atoms with Crippen LogP contribution in [0, 0.1) is 11.8 Å². The maximum atomic E-state index is 10.5.